The van der Waals surface area contributed by atoms with Crippen LogP contribution >= 0.6 is 23.5 Å². The number of rotatable bonds is 2. The van der Waals surface area contributed by atoms with Gasteiger partial charge in [0.05, 0.1) is 10.8 Å². The van der Waals surface area contributed by atoms with Crippen molar-refractivity contribution in [3.63, 3.8) is 0 Å². The molecule has 1 fully saturated rings. The molecule has 0 radical (unpaired) electrons. The van der Waals surface area contributed by atoms with Gasteiger partial charge in [0, 0.05) is 17.3 Å². The van der Waals surface area contributed by atoms with Gasteiger partial charge in [-0.3, -0.25) is 4.79 Å². The topological polar surface area (TPSA) is 17.1 Å². The lowest BCUT2D eigenvalue weighted by molar-refractivity contribution is 0.0990. The molecule has 1 aliphatic heterocycles. The quantitative estimate of drug-likeness (QED) is 0.766. The van der Waals surface area contributed by atoms with Crippen molar-refractivity contribution in [3.05, 3.63) is 34.6 Å². The first-order valence-electron chi connectivity index (χ1n) is 5.60. The minimum absolute atomic E-state index is 0.0443. The minimum atomic E-state index is -0.372. The van der Waals surface area contributed by atoms with E-state index in [9.17, 15) is 9.18 Å². The van der Waals surface area contributed by atoms with Gasteiger partial charge in [0.1, 0.15) is 5.82 Å². The summed E-state index contributed by atoms with van der Waals surface area (Å²) in [7, 11) is 0. The minimum Gasteiger partial charge on any atom is -0.293 e. The molecule has 0 spiro atoms. The Morgan fingerprint density at radius 2 is 2.12 bits per heavy atom. The summed E-state index contributed by atoms with van der Waals surface area (Å²) >= 11 is 3.43. The average molecular weight is 270 g/mol. The molecule has 1 aromatic rings. The summed E-state index contributed by atoms with van der Waals surface area (Å²) in [5.41, 5.74) is 1.90. The molecule has 0 bridgehead atoms. The highest BCUT2D eigenvalue weighted by Gasteiger charge is 2.26. The van der Waals surface area contributed by atoms with Crippen LogP contribution in [0.1, 0.15) is 21.5 Å². The predicted molar refractivity (Wildman–Crippen MR) is 73.8 cm³/mol. The molecule has 1 atom stereocenters. The van der Waals surface area contributed by atoms with Crippen LogP contribution in [0.15, 0.2) is 12.1 Å². The van der Waals surface area contributed by atoms with E-state index in [0.29, 0.717) is 0 Å². The first kappa shape index (κ1) is 13.0. The van der Waals surface area contributed by atoms with Gasteiger partial charge in [-0.2, -0.15) is 11.8 Å². The highest BCUT2D eigenvalue weighted by molar-refractivity contribution is 8.07. The van der Waals surface area contributed by atoms with Crippen LogP contribution in [0.25, 0.3) is 0 Å². The van der Waals surface area contributed by atoms with Gasteiger partial charge in [-0.15, -0.1) is 11.8 Å². The molecule has 2 rings (SSSR count). The van der Waals surface area contributed by atoms with Gasteiger partial charge in [0.2, 0.25) is 0 Å². The second-order valence-electron chi connectivity index (χ2n) is 4.24. The lowest BCUT2D eigenvalue weighted by Crippen LogP contribution is -2.26. The van der Waals surface area contributed by atoms with E-state index in [-0.39, 0.29) is 22.4 Å². The number of aryl methyl sites for hydroxylation is 2. The lowest BCUT2D eigenvalue weighted by atomic mass is 10.00. The average Bonchev–Trinajstić information content (AvgIpc) is 2.28. The molecule has 0 aromatic heterocycles. The van der Waals surface area contributed by atoms with Crippen LogP contribution in [0.4, 0.5) is 4.39 Å². The zero-order chi connectivity index (χ0) is 12.4. The van der Waals surface area contributed by atoms with Crippen molar-refractivity contribution in [1.82, 2.24) is 0 Å². The Kier molecular flexibility index (Phi) is 4.15. The van der Waals surface area contributed by atoms with Crippen LogP contribution in [0.3, 0.4) is 0 Å². The van der Waals surface area contributed by atoms with Crippen LogP contribution < -0.4 is 0 Å². The summed E-state index contributed by atoms with van der Waals surface area (Å²) in [6.07, 6.45) is 0. The monoisotopic (exact) mass is 270 g/mol. The second-order valence-corrected chi connectivity index (χ2v) is 6.70. The van der Waals surface area contributed by atoms with E-state index in [1.807, 2.05) is 19.9 Å². The Morgan fingerprint density at radius 3 is 2.71 bits per heavy atom. The van der Waals surface area contributed by atoms with Crippen LogP contribution in [0.5, 0.6) is 0 Å². The molecule has 0 amide bonds. The van der Waals surface area contributed by atoms with Gasteiger partial charge in [0.25, 0.3) is 0 Å². The van der Waals surface area contributed by atoms with Gasteiger partial charge in [-0.05, 0) is 31.0 Å². The number of halogens is 1. The molecule has 1 aromatic carbocycles. The standard InChI is InChI=1S/C13H15FOS2/c1-8-5-9(2)12(10(14)6-8)13(15)11-7-16-3-4-17-11/h5-6,11H,3-4,7H2,1-2H3. The van der Waals surface area contributed by atoms with E-state index in [1.165, 1.54) is 6.07 Å². The van der Waals surface area contributed by atoms with Gasteiger partial charge < -0.3 is 0 Å². The molecule has 0 saturated carbocycles. The third-order valence-electron chi connectivity index (χ3n) is 2.79. The fraction of sp³-hybridized carbons (Fsp3) is 0.462. The number of Topliss-reactive ketones (excluding diaryl/α,β-unsaturated/α-hetero) is 1. The molecule has 1 nitrogen and oxygen atoms in total. The van der Waals surface area contributed by atoms with E-state index in [0.717, 1.165) is 28.4 Å². The van der Waals surface area contributed by atoms with Gasteiger partial charge in [-0.25, -0.2) is 4.39 Å². The Morgan fingerprint density at radius 1 is 1.35 bits per heavy atom. The predicted octanol–water partition coefficient (Wildman–Crippen LogP) is 3.47. The van der Waals surface area contributed by atoms with Crippen molar-refractivity contribution < 1.29 is 9.18 Å². The second kappa shape index (κ2) is 5.44. The molecule has 1 aliphatic rings. The first-order chi connectivity index (χ1) is 8.09. The molecular weight excluding hydrogens is 255 g/mol. The highest BCUT2D eigenvalue weighted by atomic mass is 32.2. The van der Waals surface area contributed by atoms with Crippen molar-refractivity contribution in [2.75, 3.05) is 17.3 Å². The van der Waals surface area contributed by atoms with Crippen LogP contribution in [-0.4, -0.2) is 28.3 Å². The molecule has 1 saturated heterocycles. The zero-order valence-corrected chi connectivity index (χ0v) is 11.6. The normalized spacial score (nSPS) is 20.3. The molecule has 0 N–H and O–H groups in total. The fourth-order valence-corrected chi connectivity index (χ4v) is 4.64. The maximum Gasteiger partial charge on any atom is 0.179 e. The molecular formula is C13H15FOS2. The third-order valence-corrected chi connectivity index (χ3v) is 5.54. The lowest BCUT2D eigenvalue weighted by Gasteiger charge is -2.20. The molecule has 4 heteroatoms. The summed E-state index contributed by atoms with van der Waals surface area (Å²) in [6, 6.07) is 3.32. The number of hydrogen-bond acceptors (Lipinski definition) is 3. The fourth-order valence-electron chi connectivity index (χ4n) is 2.03. The molecule has 1 heterocycles. The smallest absolute Gasteiger partial charge is 0.179 e. The summed E-state index contributed by atoms with van der Waals surface area (Å²) in [4.78, 5) is 12.3. The van der Waals surface area contributed by atoms with Crippen LogP contribution in [-0.2, 0) is 0 Å². The SMILES string of the molecule is Cc1cc(C)c(C(=O)C2CSCCS2)c(F)c1. The van der Waals surface area contributed by atoms with E-state index >= 15 is 0 Å². The highest BCUT2D eigenvalue weighted by Crippen LogP contribution is 2.29. The van der Waals surface area contributed by atoms with Gasteiger partial charge in [-0.1, -0.05) is 6.07 Å². The number of benzene rings is 1. The van der Waals surface area contributed by atoms with Crippen LogP contribution in [0, 0.1) is 19.7 Å². The number of thioether (sulfide) groups is 2. The van der Waals surface area contributed by atoms with E-state index in [2.05, 4.69) is 0 Å². The number of hydrogen-bond donors (Lipinski definition) is 0. The number of ketones is 1. The summed E-state index contributed by atoms with van der Waals surface area (Å²) in [6.45, 7) is 3.65. The Balaban J connectivity index is 2.30. The first-order valence-corrected chi connectivity index (χ1v) is 7.80. The van der Waals surface area contributed by atoms with E-state index < -0.39 is 0 Å². The van der Waals surface area contributed by atoms with Crippen molar-refractivity contribution in [2.45, 2.75) is 19.1 Å². The Labute approximate surface area is 110 Å². The third kappa shape index (κ3) is 2.86. The van der Waals surface area contributed by atoms with Crippen molar-refractivity contribution in [2.24, 2.45) is 0 Å². The largest absolute Gasteiger partial charge is 0.293 e. The summed E-state index contributed by atoms with van der Waals surface area (Å²) in [5, 5.41) is -0.0790. The van der Waals surface area contributed by atoms with E-state index in [4.69, 9.17) is 0 Å². The molecule has 0 aliphatic carbocycles. The van der Waals surface area contributed by atoms with Gasteiger partial charge in [0.15, 0.2) is 5.78 Å². The maximum absolute atomic E-state index is 13.9. The molecule has 1 unspecified atom stereocenters. The number of carbonyl (C=O) groups excluding carboxylic acids is 1. The number of carbonyl (C=O) groups is 1. The molecule has 92 valence electrons. The summed E-state index contributed by atoms with van der Waals surface area (Å²) in [5.74, 6) is 2.45. The van der Waals surface area contributed by atoms with Crippen molar-refractivity contribution >= 4 is 29.3 Å². The van der Waals surface area contributed by atoms with Crippen molar-refractivity contribution in [1.29, 1.82) is 0 Å². The Bertz CT molecular complexity index is 416. The molecule has 17 heavy (non-hydrogen) atoms. The van der Waals surface area contributed by atoms with E-state index in [1.54, 1.807) is 23.5 Å². The maximum atomic E-state index is 13.9. The van der Waals surface area contributed by atoms with Crippen molar-refractivity contribution in [3.8, 4) is 0 Å². The van der Waals surface area contributed by atoms with Crippen LogP contribution in [0.2, 0.25) is 0 Å². The summed E-state index contributed by atoms with van der Waals surface area (Å²) < 4.78 is 13.9. The van der Waals surface area contributed by atoms with Gasteiger partial charge >= 0.3 is 0 Å². The Hall–Kier alpha value is -0.480. The zero-order valence-electron chi connectivity index (χ0n) is 9.96.